The number of unbranched alkanes of at least 4 members (excludes halogenated alkanes) is 1. The molecule has 0 aromatic rings. The van der Waals surface area contributed by atoms with Crippen LogP contribution < -0.4 is 5.32 Å². The molecule has 0 saturated carbocycles. The fraction of sp³-hybridized carbons (Fsp3) is 1.00. The Morgan fingerprint density at radius 2 is 2.06 bits per heavy atom. The molecule has 1 fully saturated rings. The minimum absolute atomic E-state index is 0.586. The monoisotopic (exact) mass is 241 g/mol. The van der Waals surface area contributed by atoms with Crippen LogP contribution in [0.4, 0.5) is 0 Å². The van der Waals surface area contributed by atoms with E-state index in [0.29, 0.717) is 6.10 Å². The first-order valence-electron chi connectivity index (χ1n) is 7.71. The van der Waals surface area contributed by atoms with E-state index < -0.39 is 0 Å². The van der Waals surface area contributed by atoms with Gasteiger partial charge in [0.15, 0.2) is 0 Å². The number of ether oxygens (including phenoxy) is 1. The Balaban J connectivity index is 2.00. The van der Waals surface area contributed by atoms with Gasteiger partial charge in [-0.3, -0.25) is 0 Å². The zero-order chi connectivity index (χ0) is 12.3. The Kier molecular flexibility index (Phi) is 8.72. The van der Waals surface area contributed by atoms with E-state index in [1.54, 1.807) is 0 Å². The minimum atomic E-state index is 0.586. The molecule has 0 amide bonds. The van der Waals surface area contributed by atoms with Crippen molar-refractivity contribution in [3.8, 4) is 0 Å². The van der Waals surface area contributed by atoms with Gasteiger partial charge in [0.1, 0.15) is 0 Å². The molecule has 0 radical (unpaired) electrons. The first-order valence-corrected chi connectivity index (χ1v) is 7.71. The van der Waals surface area contributed by atoms with Crippen molar-refractivity contribution in [3.63, 3.8) is 0 Å². The van der Waals surface area contributed by atoms with Gasteiger partial charge in [0, 0.05) is 12.6 Å². The van der Waals surface area contributed by atoms with Gasteiger partial charge in [0.25, 0.3) is 0 Å². The van der Waals surface area contributed by atoms with Crippen molar-refractivity contribution in [2.45, 2.75) is 83.8 Å². The highest BCUT2D eigenvalue weighted by atomic mass is 16.5. The summed E-state index contributed by atoms with van der Waals surface area (Å²) in [6.07, 6.45) is 12.4. The third-order valence-electron chi connectivity index (χ3n) is 3.67. The number of nitrogens with one attached hydrogen (secondary N) is 1. The van der Waals surface area contributed by atoms with Crippen LogP contribution in [-0.2, 0) is 4.74 Å². The van der Waals surface area contributed by atoms with Crippen molar-refractivity contribution < 1.29 is 4.74 Å². The average molecular weight is 241 g/mol. The van der Waals surface area contributed by atoms with Crippen LogP contribution in [0.2, 0.25) is 0 Å². The van der Waals surface area contributed by atoms with Crippen molar-refractivity contribution in [1.29, 1.82) is 0 Å². The summed E-state index contributed by atoms with van der Waals surface area (Å²) in [6.45, 7) is 6.71. The van der Waals surface area contributed by atoms with Crippen molar-refractivity contribution in [2.75, 3.05) is 13.2 Å². The van der Waals surface area contributed by atoms with Gasteiger partial charge in [0.2, 0.25) is 0 Å². The molecule has 1 heterocycles. The molecule has 2 nitrogen and oxygen atoms in total. The van der Waals surface area contributed by atoms with Crippen molar-refractivity contribution in [1.82, 2.24) is 5.32 Å². The lowest BCUT2D eigenvalue weighted by molar-refractivity contribution is 0.101. The highest BCUT2D eigenvalue weighted by Crippen LogP contribution is 2.19. The molecule has 0 aromatic heterocycles. The second-order valence-electron chi connectivity index (χ2n) is 5.36. The van der Waals surface area contributed by atoms with Gasteiger partial charge in [-0.05, 0) is 45.1 Å². The normalized spacial score (nSPS) is 21.9. The van der Waals surface area contributed by atoms with Crippen LogP contribution in [0.5, 0.6) is 0 Å². The van der Waals surface area contributed by atoms with Crippen LogP contribution in [-0.4, -0.2) is 25.3 Å². The molecule has 17 heavy (non-hydrogen) atoms. The smallest absolute Gasteiger partial charge is 0.0576 e. The average Bonchev–Trinajstić information content (AvgIpc) is 2.84. The van der Waals surface area contributed by atoms with E-state index in [1.165, 1.54) is 64.3 Å². The lowest BCUT2D eigenvalue weighted by Crippen LogP contribution is -2.29. The van der Waals surface area contributed by atoms with Gasteiger partial charge < -0.3 is 10.1 Å². The second kappa shape index (κ2) is 9.90. The SMILES string of the molecule is CCCNC(CCC)CCCCC1CCCO1. The first-order chi connectivity index (χ1) is 8.36. The summed E-state index contributed by atoms with van der Waals surface area (Å²) in [4.78, 5) is 0. The molecule has 1 aliphatic rings. The predicted octanol–water partition coefficient (Wildman–Crippen LogP) is 3.89. The van der Waals surface area contributed by atoms with Gasteiger partial charge in [-0.15, -0.1) is 0 Å². The number of rotatable bonds is 10. The molecule has 0 aliphatic carbocycles. The third kappa shape index (κ3) is 7.05. The van der Waals surface area contributed by atoms with Crippen LogP contribution in [0, 0.1) is 0 Å². The third-order valence-corrected chi connectivity index (χ3v) is 3.67. The van der Waals surface area contributed by atoms with Crippen molar-refractivity contribution >= 4 is 0 Å². The Morgan fingerprint density at radius 3 is 2.71 bits per heavy atom. The summed E-state index contributed by atoms with van der Waals surface area (Å²) in [7, 11) is 0. The van der Waals surface area contributed by atoms with Gasteiger partial charge in [-0.2, -0.15) is 0 Å². The molecule has 0 spiro atoms. The van der Waals surface area contributed by atoms with Gasteiger partial charge in [-0.25, -0.2) is 0 Å². The van der Waals surface area contributed by atoms with Crippen molar-refractivity contribution in [2.24, 2.45) is 0 Å². The molecule has 0 aromatic carbocycles. The molecule has 2 atom stereocenters. The summed E-state index contributed by atoms with van der Waals surface area (Å²) in [5.41, 5.74) is 0. The quantitative estimate of drug-likeness (QED) is 0.586. The number of hydrogen-bond acceptors (Lipinski definition) is 2. The van der Waals surface area contributed by atoms with Crippen LogP contribution in [0.3, 0.4) is 0 Å². The van der Waals surface area contributed by atoms with E-state index in [4.69, 9.17) is 4.74 Å². The van der Waals surface area contributed by atoms with E-state index >= 15 is 0 Å². The van der Waals surface area contributed by atoms with Crippen molar-refractivity contribution in [3.05, 3.63) is 0 Å². The number of hydrogen-bond donors (Lipinski definition) is 1. The highest BCUT2D eigenvalue weighted by Gasteiger charge is 2.14. The van der Waals surface area contributed by atoms with Gasteiger partial charge in [0.05, 0.1) is 6.10 Å². The molecule has 1 saturated heterocycles. The molecule has 1 N–H and O–H groups in total. The summed E-state index contributed by atoms with van der Waals surface area (Å²) < 4.78 is 5.66. The fourth-order valence-electron chi connectivity index (χ4n) is 2.68. The Hall–Kier alpha value is -0.0800. The summed E-state index contributed by atoms with van der Waals surface area (Å²) >= 11 is 0. The van der Waals surface area contributed by atoms with Gasteiger partial charge >= 0.3 is 0 Å². The maximum Gasteiger partial charge on any atom is 0.0576 e. The Labute approximate surface area is 108 Å². The molecule has 2 heteroatoms. The lowest BCUT2D eigenvalue weighted by atomic mass is 10.0. The van der Waals surface area contributed by atoms with Crippen LogP contribution in [0.1, 0.15) is 71.6 Å². The fourth-order valence-corrected chi connectivity index (χ4v) is 2.68. The molecular formula is C15H31NO. The molecule has 1 aliphatic heterocycles. The zero-order valence-corrected chi connectivity index (χ0v) is 11.8. The lowest BCUT2D eigenvalue weighted by Gasteiger charge is -2.18. The second-order valence-corrected chi connectivity index (χ2v) is 5.36. The molecule has 1 rings (SSSR count). The molecule has 0 bridgehead atoms. The van der Waals surface area contributed by atoms with E-state index in [0.717, 1.165) is 12.6 Å². The largest absolute Gasteiger partial charge is 0.378 e. The maximum absolute atomic E-state index is 5.66. The first kappa shape index (κ1) is 15.0. The summed E-state index contributed by atoms with van der Waals surface area (Å²) in [5.74, 6) is 0. The highest BCUT2D eigenvalue weighted by molar-refractivity contribution is 4.68. The molecular weight excluding hydrogens is 210 g/mol. The van der Waals surface area contributed by atoms with E-state index in [1.807, 2.05) is 0 Å². The van der Waals surface area contributed by atoms with Crippen LogP contribution in [0.25, 0.3) is 0 Å². The standard InChI is InChI=1S/C15H31NO/c1-3-8-14(16-12-4-2)9-5-6-10-15-11-7-13-17-15/h14-16H,3-13H2,1-2H3. The molecule has 2 unspecified atom stereocenters. The van der Waals surface area contributed by atoms with E-state index in [2.05, 4.69) is 19.2 Å². The maximum atomic E-state index is 5.66. The topological polar surface area (TPSA) is 21.3 Å². The minimum Gasteiger partial charge on any atom is -0.378 e. The van der Waals surface area contributed by atoms with Crippen LogP contribution >= 0.6 is 0 Å². The summed E-state index contributed by atoms with van der Waals surface area (Å²) in [6, 6.07) is 0.754. The molecule has 102 valence electrons. The van der Waals surface area contributed by atoms with Gasteiger partial charge in [-0.1, -0.05) is 33.1 Å². The Morgan fingerprint density at radius 1 is 1.18 bits per heavy atom. The van der Waals surface area contributed by atoms with E-state index in [-0.39, 0.29) is 0 Å². The summed E-state index contributed by atoms with van der Waals surface area (Å²) in [5, 5.41) is 3.67. The Bertz CT molecular complexity index is 166. The van der Waals surface area contributed by atoms with Crippen LogP contribution in [0.15, 0.2) is 0 Å². The zero-order valence-electron chi connectivity index (χ0n) is 11.8. The predicted molar refractivity (Wildman–Crippen MR) is 74.4 cm³/mol. The van der Waals surface area contributed by atoms with E-state index in [9.17, 15) is 0 Å².